The fraction of sp³-hybridized carbons (Fsp3) is 0.500. The molecule has 0 amide bonds. The smallest absolute Gasteiger partial charge is 0.288 e. The van der Waals surface area contributed by atoms with E-state index in [9.17, 15) is 4.79 Å². The minimum atomic E-state index is -0.203. The van der Waals surface area contributed by atoms with Crippen LogP contribution in [0.25, 0.3) is 0 Å². The third-order valence-electron chi connectivity index (χ3n) is 1.62. The van der Waals surface area contributed by atoms with Crippen molar-refractivity contribution < 1.29 is 0 Å². The third kappa shape index (κ3) is 3.04. The largest absolute Gasteiger partial charge is 0.311 e. The highest BCUT2D eigenvalue weighted by atomic mass is 35.5. The monoisotopic (exact) mass is 218 g/mol. The summed E-state index contributed by atoms with van der Waals surface area (Å²) in [4.78, 5) is 15.0. The van der Waals surface area contributed by atoms with Crippen molar-refractivity contribution >= 4 is 23.4 Å². The Morgan fingerprint density at radius 1 is 1.69 bits per heavy atom. The van der Waals surface area contributed by atoms with E-state index in [-0.39, 0.29) is 10.7 Å². The van der Waals surface area contributed by atoms with Gasteiger partial charge < -0.3 is 4.57 Å². The Kier molecular flexibility index (Phi) is 4.32. The van der Waals surface area contributed by atoms with Crippen molar-refractivity contribution in [3.05, 3.63) is 27.9 Å². The maximum absolute atomic E-state index is 11.3. The number of aryl methyl sites for hydroxylation is 1. The molecular formula is C8H11ClN2OS. The number of halogens is 1. The zero-order chi connectivity index (χ0) is 9.68. The van der Waals surface area contributed by atoms with Crippen molar-refractivity contribution in [1.82, 2.24) is 9.55 Å². The van der Waals surface area contributed by atoms with E-state index in [1.807, 2.05) is 6.26 Å². The van der Waals surface area contributed by atoms with E-state index in [0.717, 1.165) is 12.2 Å². The molecule has 1 aromatic heterocycles. The van der Waals surface area contributed by atoms with Gasteiger partial charge in [0.1, 0.15) is 0 Å². The first-order chi connectivity index (χ1) is 6.25. The maximum Gasteiger partial charge on any atom is 0.288 e. The first-order valence-corrected chi connectivity index (χ1v) is 5.73. The molecule has 0 saturated carbocycles. The Hall–Kier alpha value is -0.480. The number of thioether (sulfide) groups is 1. The quantitative estimate of drug-likeness (QED) is 0.721. The molecule has 0 spiro atoms. The van der Waals surface area contributed by atoms with Crippen LogP contribution in [0.4, 0.5) is 0 Å². The van der Waals surface area contributed by atoms with Crippen LogP contribution in [0.15, 0.2) is 17.2 Å². The summed E-state index contributed by atoms with van der Waals surface area (Å²) in [6.45, 7) is 0.710. The van der Waals surface area contributed by atoms with Gasteiger partial charge in [-0.1, -0.05) is 11.6 Å². The van der Waals surface area contributed by atoms with Crippen LogP contribution >= 0.6 is 23.4 Å². The second-order valence-electron chi connectivity index (χ2n) is 2.56. The Morgan fingerprint density at radius 3 is 3.15 bits per heavy atom. The molecule has 0 fully saturated rings. The topological polar surface area (TPSA) is 34.9 Å². The molecule has 13 heavy (non-hydrogen) atoms. The van der Waals surface area contributed by atoms with Crippen LogP contribution in [0.1, 0.15) is 6.42 Å². The summed E-state index contributed by atoms with van der Waals surface area (Å²) in [6, 6.07) is 0. The van der Waals surface area contributed by atoms with Gasteiger partial charge in [0.15, 0.2) is 5.15 Å². The average Bonchev–Trinajstić information content (AvgIpc) is 2.13. The summed E-state index contributed by atoms with van der Waals surface area (Å²) < 4.78 is 1.59. The number of nitrogens with zero attached hydrogens (tertiary/aromatic N) is 2. The predicted molar refractivity (Wildman–Crippen MR) is 56.5 cm³/mol. The first-order valence-electron chi connectivity index (χ1n) is 3.95. The van der Waals surface area contributed by atoms with Gasteiger partial charge in [-0.2, -0.15) is 11.8 Å². The standard InChI is InChI=1S/C8H11ClN2OS/c1-13-6-2-4-11-5-3-10-7(9)8(11)12/h3,5H,2,4,6H2,1H3. The zero-order valence-electron chi connectivity index (χ0n) is 7.36. The SMILES string of the molecule is CSCCCn1ccnc(Cl)c1=O. The van der Waals surface area contributed by atoms with E-state index in [0.29, 0.717) is 6.54 Å². The predicted octanol–water partition coefficient (Wildman–Crippen LogP) is 1.65. The summed E-state index contributed by atoms with van der Waals surface area (Å²) in [7, 11) is 0. The van der Waals surface area contributed by atoms with Crippen molar-refractivity contribution in [3.8, 4) is 0 Å². The van der Waals surface area contributed by atoms with Crippen LogP contribution in [0.2, 0.25) is 5.15 Å². The van der Waals surface area contributed by atoms with Crippen molar-refractivity contribution in [2.24, 2.45) is 0 Å². The van der Waals surface area contributed by atoms with Gasteiger partial charge in [0, 0.05) is 18.9 Å². The van der Waals surface area contributed by atoms with E-state index >= 15 is 0 Å². The van der Waals surface area contributed by atoms with Gasteiger partial charge in [0.05, 0.1) is 0 Å². The molecule has 1 aromatic rings. The zero-order valence-corrected chi connectivity index (χ0v) is 8.94. The summed E-state index contributed by atoms with van der Waals surface area (Å²) in [5.41, 5.74) is -0.203. The van der Waals surface area contributed by atoms with Crippen LogP contribution in [0.5, 0.6) is 0 Å². The van der Waals surface area contributed by atoms with Crippen molar-refractivity contribution in [3.63, 3.8) is 0 Å². The highest BCUT2D eigenvalue weighted by molar-refractivity contribution is 7.98. The number of hydrogen-bond acceptors (Lipinski definition) is 3. The molecule has 0 aliphatic heterocycles. The molecule has 0 bridgehead atoms. The Labute approximate surface area is 86.1 Å². The molecule has 1 rings (SSSR count). The van der Waals surface area contributed by atoms with Gasteiger partial charge in [-0.05, 0) is 18.4 Å². The molecule has 0 aromatic carbocycles. The lowest BCUT2D eigenvalue weighted by Gasteiger charge is -2.03. The normalized spacial score (nSPS) is 10.3. The second-order valence-corrected chi connectivity index (χ2v) is 3.91. The van der Waals surface area contributed by atoms with Gasteiger partial charge in [-0.15, -0.1) is 0 Å². The molecule has 0 unspecified atom stereocenters. The van der Waals surface area contributed by atoms with Crippen LogP contribution in [0, 0.1) is 0 Å². The summed E-state index contributed by atoms with van der Waals surface area (Å²) >= 11 is 7.34. The van der Waals surface area contributed by atoms with E-state index in [4.69, 9.17) is 11.6 Å². The highest BCUT2D eigenvalue weighted by Crippen LogP contribution is 1.98. The molecule has 1 heterocycles. The van der Waals surface area contributed by atoms with E-state index in [1.165, 1.54) is 0 Å². The van der Waals surface area contributed by atoms with Crippen LogP contribution in [-0.4, -0.2) is 21.6 Å². The van der Waals surface area contributed by atoms with E-state index in [2.05, 4.69) is 4.98 Å². The summed E-state index contributed by atoms with van der Waals surface area (Å²) in [5, 5.41) is 0.0478. The molecule has 3 nitrogen and oxygen atoms in total. The first kappa shape index (κ1) is 10.6. The minimum Gasteiger partial charge on any atom is -0.311 e. The van der Waals surface area contributed by atoms with Gasteiger partial charge >= 0.3 is 0 Å². The van der Waals surface area contributed by atoms with Gasteiger partial charge in [-0.25, -0.2) is 4.98 Å². The van der Waals surface area contributed by atoms with Crippen LogP contribution < -0.4 is 5.56 Å². The summed E-state index contributed by atoms with van der Waals surface area (Å²) in [6.07, 6.45) is 6.22. The Morgan fingerprint density at radius 2 is 2.46 bits per heavy atom. The van der Waals surface area contributed by atoms with Gasteiger partial charge in [-0.3, -0.25) is 4.79 Å². The molecular weight excluding hydrogens is 208 g/mol. The Balaban J connectivity index is 2.67. The van der Waals surface area contributed by atoms with Gasteiger partial charge in [0.25, 0.3) is 5.56 Å². The molecule has 5 heteroatoms. The van der Waals surface area contributed by atoms with E-state index in [1.54, 1.807) is 28.7 Å². The van der Waals surface area contributed by atoms with Gasteiger partial charge in [0.2, 0.25) is 0 Å². The summed E-state index contributed by atoms with van der Waals surface area (Å²) in [5.74, 6) is 1.05. The third-order valence-corrected chi connectivity index (χ3v) is 2.58. The molecule has 0 aliphatic carbocycles. The van der Waals surface area contributed by atoms with Crippen molar-refractivity contribution in [2.75, 3.05) is 12.0 Å². The molecule has 0 N–H and O–H groups in total. The lowest BCUT2D eigenvalue weighted by molar-refractivity contribution is 0.653. The van der Waals surface area contributed by atoms with Crippen LogP contribution in [0.3, 0.4) is 0 Å². The number of rotatable bonds is 4. The molecule has 0 radical (unpaired) electrons. The minimum absolute atomic E-state index is 0.0478. The Bertz CT molecular complexity index is 326. The fourth-order valence-electron chi connectivity index (χ4n) is 0.976. The maximum atomic E-state index is 11.3. The van der Waals surface area contributed by atoms with Crippen molar-refractivity contribution in [1.29, 1.82) is 0 Å². The van der Waals surface area contributed by atoms with Crippen LogP contribution in [-0.2, 0) is 6.54 Å². The fourth-order valence-corrected chi connectivity index (χ4v) is 1.56. The number of hydrogen-bond donors (Lipinski definition) is 0. The highest BCUT2D eigenvalue weighted by Gasteiger charge is 2.00. The lowest BCUT2D eigenvalue weighted by Crippen LogP contribution is -2.20. The average molecular weight is 219 g/mol. The molecule has 0 saturated heterocycles. The van der Waals surface area contributed by atoms with Crippen molar-refractivity contribution in [2.45, 2.75) is 13.0 Å². The second kappa shape index (κ2) is 5.29. The molecule has 72 valence electrons. The number of aromatic nitrogens is 2. The molecule has 0 atom stereocenters. The molecule has 0 aliphatic rings. The lowest BCUT2D eigenvalue weighted by atomic mass is 10.4. The van der Waals surface area contributed by atoms with E-state index < -0.39 is 0 Å².